The summed E-state index contributed by atoms with van der Waals surface area (Å²) in [5.74, 6) is 0.979. The Balaban J connectivity index is 1.54. The van der Waals surface area contributed by atoms with Crippen molar-refractivity contribution in [3.05, 3.63) is 51.5 Å². The number of phenols is 2. The molecule has 0 heterocycles. The molecule has 3 rings (SSSR count). The fourth-order valence-electron chi connectivity index (χ4n) is 4.26. The molecular formula is C25H34Cl2N2O2S. The van der Waals surface area contributed by atoms with E-state index < -0.39 is 0 Å². The van der Waals surface area contributed by atoms with Crippen molar-refractivity contribution < 1.29 is 10.2 Å². The highest BCUT2D eigenvalue weighted by Gasteiger charge is 2.26. The Hall–Kier alpha value is -1.11. The van der Waals surface area contributed by atoms with E-state index in [-0.39, 0.29) is 11.5 Å². The Morgan fingerprint density at radius 1 is 1.06 bits per heavy atom. The van der Waals surface area contributed by atoms with Crippen molar-refractivity contribution in [3.63, 3.8) is 0 Å². The zero-order chi connectivity index (χ0) is 22.9. The number of hydrogen-bond donors (Lipinski definition) is 3. The van der Waals surface area contributed by atoms with E-state index in [0.717, 1.165) is 60.5 Å². The van der Waals surface area contributed by atoms with Gasteiger partial charge in [-0.2, -0.15) is 0 Å². The summed E-state index contributed by atoms with van der Waals surface area (Å²) in [6, 6.07) is 9.58. The summed E-state index contributed by atoms with van der Waals surface area (Å²) in [5, 5.41) is 23.8. The maximum Gasteiger partial charge on any atom is 0.160 e. The smallest absolute Gasteiger partial charge is 0.160 e. The summed E-state index contributed by atoms with van der Waals surface area (Å²) in [4.78, 5) is 0.958. The number of benzene rings is 2. The third kappa shape index (κ3) is 6.94. The Kier molecular flexibility index (Phi) is 10.3. The molecule has 0 spiro atoms. The largest absolute Gasteiger partial charge is 0.504 e. The lowest BCUT2D eigenvalue weighted by Crippen LogP contribution is -2.49. The van der Waals surface area contributed by atoms with Crippen molar-refractivity contribution in [2.24, 2.45) is 0 Å². The minimum atomic E-state index is -0.0205. The molecule has 0 aliphatic heterocycles. The number of nitrogens with zero attached hydrogens (tertiary/aromatic N) is 1. The van der Waals surface area contributed by atoms with Gasteiger partial charge in [0.25, 0.3) is 0 Å². The molecule has 3 N–H and O–H groups in total. The van der Waals surface area contributed by atoms with Gasteiger partial charge in [0.1, 0.15) is 0 Å². The van der Waals surface area contributed by atoms with Crippen molar-refractivity contribution in [1.29, 1.82) is 0 Å². The lowest BCUT2D eigenvalue weighted by Gasteiger charge is -2.36. The Morgan fingerprint density at radius 2 is 1.84 bits per heavy atom. The predicted molar refractivity (Wildman–Crippen MR) is 136 cm³/mol. The number of phenolic OH excluding ortho intramolecular Hbond substituents is 2. The molecule has 1 unspecified atom stereocenters. The zero-order valence-electron chi connectivity index (χ0n) is 18.7. The highest BCUT2D eigenvalue weighted by molar-refractivity contribution is 7.99. The van der Waals surface area contributed by atoms with Gasteiger partial charge in [0.15, 0.2) is 11.5 Å². The first-order valence-corrected chi connectivity index (χ1v) is 13.3. The number of rotatable bonds is 12. The van der Waals surface area contributed by atoms with Crippen LogP contribution < -0.4 is 5.43 Å². The second kappa shape index (κ2) is 13.0. The summed E-state index contributed by atoms with van der Waals surface area (Å²) in [5.41, 5.74) is 5.72. The van der Waals surface area contributed by atoms with Crippen LogP contribution in [0.5, 0.6) is 11.5 Å². The minimum absolute atomic E-state index is 0.0205. The van der Waals surface area contributed by atoms with Gasteiger partial charge in [-0.3, -0.25) is 5.43 Å². The van der Waals surface area contributed by atoms with E-state index in [1.807, 2.05) is 24.3 Å². The molecule has 4 nitrogen and oxygen atoms in total. The average molecular weight is 498 g/mol. The second-order valence-corrected chi connectivity index (χ2v) is 10.3. The molecule has 0 saturated carbocycles. The van der Waals surface area contributed by atoms with Crippen LogP contribution in [-0.4, -0.2) is 40.1 Å². The molecule has 0 aromatic heterocycles. The van der Waals surface area contributed by atoms with E-state index in [2.05, 4.69) is 17.4 Å². The Labute approximate surface area is 206 Å². The molecule has 1 atom stereocenters. The van der Waals surface area contributed by atoms with Gasteiger partial charge in [0.05, 0.1) is 10.0 Å². The normalized spacial score (nSPS) is 15.8. The van der Waals surface area contributed by atoms with E-state index in [1.165, 1.54) is 25.7 Å². The fraction of sp³-hybridized carbons (Fsp3) is 0.520. The number of halogens is 2. The molecule has 0 bridgehead atoms. The van der Waals surface area contributed by atoms with Crippen LogP contribution in [0.25, 0.3) is 0 Å². The highest BCUT2D eigenvalue weighted by atomic mass is 35.5. The van der Waals surface area contributed by atoms with Gasteiger partial charge in [-0.25, -0.2) is 5.01 Å². The van der Waals surface area contributed by atoms with E-state index in [1.54, 1.807) is 17.8 Å². The molecule has 1 aliphatic carbocycles. The number of nitrogens with one attached hydrogen (secondary N) is 1. The minimum Gasteiger partial charge on any atom is -0.504 e. The van der Waals surface area contributed by atoms with Crippen molar-refractivity contribution in [3.8, 4) is 11.5 Å². The quantitative estimate of drug-likeness (QED) is 0.130. The van der Waals surface area contributed by atoms with Crippen LogP contribution in [0, 0.1) is 0 Å². The van der Waals surface area contributed by atoms with Gasteiger partial charge >= 0.3 is 0 Å². The lowest BCUT2D eigenvalue weighted by atomic mass is 9.87. The van der Waals surface area contributed by atoms with Crippen molar-refractivity contribution >= 4 is 35.0 Å². The summed E-state index contributed by atoms with van der Waals surface area (Å²) >= 11 is 14.3. The number of hydrazine groups is 1. The second-order valence-electron chi connectivity index (χ2n) is 8.38. The molecule has 2 aromatic rings. The SMILES string of the molecule is CCCCCCN(NCCCSc1c(Cl)cccc1Cl)C1CCc2c(ccc(O)c2O)C1. The van der Waals surface area contributed by atoms with Gasteiger partial charge in [-0.15, -0.1) is 11.8 Å². The van der Waals surface area contributed by atoms with Crippen LogP contribution in [0.15, 0.2) is 35.2 Å². The first-order valence-electron chi connectivity index (χ1n) is 11.6. The van der Waals surface area contributed by atoms with Crippen LogP contribution in [0.3, 0.4) is 0 Å². The molecule has 0 fully saturated rings. The molecule has 1 aliphatic rings. The molecule has 7 heteroatoms. The summed E-state index contributed by atoms with van der Waals surface area (Å²) in [6.07, 6.45) is 8.56. The molecule has 0 saturated heterocycles. The lowest BCUT2D eigenvalue weighted by molar-refractivity contribution is 0.109. The highest BCUT2D eigenvalue weighted by Crippen LogP contribution is 2.37. The molecule has 0 amide bonds. The van der Waals surface area contributed by atoms with Gasteiger partial charge in [-0.1, -0.05) is 61.5 Å². The van der Waals surface area contributed by atoms with Crippen LogP contribution >= 0.6 is 35.0 Å². The monoisotopic (exact) mass is 496 g/mol. The topological polar surface area (TPSA) is 55.7 Å². The first kappa shape index (κ1) is 25.5. The van der Waals surface area contributed by atoms with E-state index in [0.29, 0.717) is 16.1 Å². The predicted octanol–water partition coefficient (Wildman–Crippen LogP) is 6.83. The van der Waals surface area contributed by atoms with E-state index in [9.17, 15) is 10.2 Å². The van der Waals surface area contributed by atoms with Crippen LogP contribution in [0.2, 0.25) is 10.0 Å². The average Bonchev–Trinajstić information content (AvgIpc) is 2.79. The van der Waals surface area contributed by atoms with Crippen LogP contribution in [-0.2, 0) is 12.8 Å². The summed E-state index contributed by atoms with van der Waals surface area (Å²) in [6.45, 7) is 4.15. The number of thioether (sulfide) groups is 1. The molecule has 176 valence electrons. The van der Waals surface area contributed by atoms with Crippen molar-refractivity contribution in [1.82, 2.24) is 10.4 Å². The molecule has 2 aromatic carbocycles. The number of fused-ring (bicyclic) bond motifs is 1. The summed E-state index contributed by atoms with van der Waals surface area (Å²) < 4.78 is 0. The standard InChI is InChI=1S/C25H34Cl2N2O2S/c1-2-3-4-5-15-29(19-11-12-20-18(17-19)10-13-23(30)24(20)31)28-14-7-16-32-25-21(26)8-6-9-22(25)27/h6,8-10,13,19,28,30-31H,2-5,7,11-12,14-17H2,1H3. The van der Waals surface area contributed by atoms with Crippen LogP contribution in [0.1, 0.15) is 56.6 Å². The van der Waals surface area contributed by atoms with Gasteiger partial charge in [0.2, 0.25) is 0 Å². The number of aromatic hydroxyl groups is 2. The van der Waals surface area contributed by atoms with E-state index in [4.69, 9.17) is 23.2 Å². The zero-order valence-corrected chi connectivity index (χ0v) is 21.1. The fourth-order valence-corrected chi connectivity index (χ4v) is 5.89. The van der Waals surface area contributed by atoms with Gasteiger partial charge < -0.3 is 10.2 Å². The first-order chi connectivity index (χ1) is 15.5. The maximum atomic E-state index is 10.2. The third-order valence-electron chi connectivity index (χ3n) is 6.04. The molecule has 0 radical (unpaired) electrons. The molecule has 32 heavy (non-hydrogen) atoms. The van der Waals surface area contributed by atoms with Crippen LogP contribution in [0.4, 0.5) is 0 Å². The Bertz CT molecular complexity index is 861. The van der Waals surface area contributed by atoms with E-state index >= 15 is 0 Å². The Morgan fingerprint density at radius 3 is 2.59 bits per heavy atom. The summed E-state index contributed by atoms with van der Waals surface area (Å²) in [7, 11) is 0. The molecular weight excluding hydrogens is 463 g/mol. The van der Waals surface area contributed by atoms with Gasteiger partial charge in [0, 0.05) is 29.6 Å². The third-order valence-corrected chi connectivity index (χ3v) is 8.11. The van der Waals surface area contributed by atoms with Crippen molar-refractivity contribution in [2.75, 3.05) is 18.8 Å². The number of unbranched alkanes of at least 4 members (excludes halogenated alkanes) is 3. The van der Waals surface area contributed by atoms with Gasteiger partial charge in [-0.05, 0) is 61.6 Å². The maximum absolute atomic E-state index is 10.2. The number of hydrogen-bond acceptors (Lipinski definition) is 5. The van der Waals surface area contributed by atoms with Crippen molar-refractivity contribution in [2.45, 2.75) is 69.2 Å².